The number of unbranched alkanes of at least 4 members (excludes halogenated alkanes) is 3. The Morgan fingerprint density at radius 1 is 1.30 bits per heavy atom. The second-order valence-electron chi connectivity index (χ2n) is 5.01. The van der Waals surface area contributed by atoms with E-state index in [4.69, 9.17) is 15.2 Å². The smallest absolute Gasteiger partial charge is 0.344 e. The Bertz CT molecular complexity index is 406. The van der Waals surface area contributed by atoms with Crippen LogP contribution in [0.25, 0.3) is 0 Å². The molecule has 1 aromatic carbocycles. The summed E-state index contributed by atoms with van der Waals surface area (Å²) in [6.45, 7) is 4.02. The first-order chi connectivity index (χ1) is 9.61. The Hall–Kier alpha value is -1.71. The lowest BCUT2D eigenvalue weighted by Crippen LogP contribution is -2.20. The highest BCUT2D eigenvalue weighted by molar-refractivity contribution is 5.71. The van der Waals surface area contributed by atoms with Crippen molar-refractivity contribution in [3.8, 4) is 5.75 Å². The van der Waals surface area contributed by atoms with Gasteiger partial charge in [0, 0.05) is 11.8 Å². The molecule has 4 heteroatoms. The van der Waals surface area contributed by atoms with Crippen LogP contribution in [0.4, 0.5) is 5.69 Å². The van der Waals surface area contributed by atoms with Gasteiger partial charge in [-0.15, -0.1) is 0 Å². The topological polar surface area (TPSA) is 61.5 Å². The fourth-order valence-electron chi connectivity index (χ4n) is 1.92. The Labute approximate surface area is 121 Å². The number of ether oxygens (including phenoxy) is 2. The number of nitrogen functional groups attached to an aromatic ring is 1. The van der Waals surface area contributed by atoms with E-state index in [-0.39, 0.29) is 18.7 Å². The minimum absolute atomic E-state index is 0.0520. The van der Waals surface area contributed by atoms with Gasteiger partial charge in [-0.25, -0.2) is 4.79 Å². The number of anilines is 1. The van der Waals surface area contributed by atoms with Gasteiger partial charge in [0.25, 0.3) is 0 Å². The summed E-state index contributed by atoms with van der Waals surface area (Å²) in [6, 6.07) is 7.00. The molecule has 112 valence electrons. The van der Waals surface area contributed by atoms with Crippen molar-refractivity contribution in [2.24, 2.45) is 0 Å². The van der Waals surface area contributed by atoms with Gasteiger partial charge in [-0.1, -0.05) is 32.3 Å². The van der Waals surface area contributed by atoms with E-state index in [1.54, 1.807) is 24.3 Å². The molecule has 0 radical (unpaired) electrons. The van der Waals surface area contributed by atoms with Gasteiger partial charge in [0.15, 0.2) is 6.61 Å². The highest BCUT2D eigenvalue weighted by Crippen LogP contribution is 2.14. The van der Waals surface area contributed by atoms with Gasteiger partial charge in [-0.3, -0.25) is 0 Å². The molecule has 2 N–H and O–H groups in total. The van der Waals surface area contributed by atoms with E-state index in [1.165, 1.54) is 19.3 Å². The summed E-state index contributed by atoms with van der Waals surface area (Å²) in [5, 5.41) is 0. The molecule has 0 amide bonds. The third kappa shape index (κ3) is 7.02. The highest BCUT2D eigenvalue weighted by atomic mass is 16.6. The lowest BCUT2D eigenvalue weighted by molar-refractivity contribution is -0.150. The summed E-state index contributed by atoms with van der Waals surface area (Å²) in [4.78, 5) is 11.6. The standard InChI is InChI=1S/C16H25NO3/c1-3-4-5-6-8-13(2)20-16(18)12-19-15-10-7-9-14(17)11-15/h7,9-11,13H,3-6,8,12,17H2,1-2H3. The number of carbonyl (C=O) groups excluding carboxylic acids is 1. The van der Waals surface area contributed by atoms with Gasteiger partial charge >= 0.3 is 5.97 Å². The Morgan fingerprint density at radius 3 is 2.80 bits per heavy atom. The Morgan fingerprint density at radius 2 is 2.10 bits per heavy atom. The molecule has 1 unspecified atom stereocenters. The highest BCUT2D eigenvalue weighted by Gasteiger charge is 2.10. The monoisotopic (exact) mass is 279 g/mol. The molecule has 0 aliphatic carbocycles. The first kappa shape index (κ1) is 16.3. The van der Waals surface area contributed by atoms with E-state index in [2.05, 4.69) is 6.92 Å². The van der Waals surface area contributed by atoms with E-state index in [0.717, 1.165) is 12.8 Å². The summed E-state index contributed by atoms with van der Waals surface area (Å²) in [5.74, 6) is 0.243. The fraction of sp³-hybridized carbons (Fsp3) is 0.562. The zero-order chi connectivity index (χ0) is 14.8. The Balaban J connectivity index is 2.19. The van der Waals surface area contributed by atoms with E-state index >= 15 is 0 Å². The number of nitrogens with two attached hydrogens (primary N) is 1. The maximum absolute atomic E-state index is 11.6. The molecule has 1 aromatic rings. The molecule has 0 bridgehead atoms. The molecule has 0 saturated heterocycles. The van der Waals surface area contributed by atoms with Crippen LogP contribution in [0, 0.1) is 0 Å². The van der Waals surface area contributed by atoms with Crippen LogP contribution >= 0.6 is 0 Å². The average Bonchev–Trinajstić information content (AvgIpc) is 2.41. The second-order valence-corrected chi connectivity index (χ2v) is 5.01. The van der Waals surface area contributed by atoms with Crippen molar-refractivity contribution in [2.75, 3.05) is 12.3 Å². The van der Waals surface area contributed by atoms with Gasteiger partial charge in [-0.05, 0) is 31.9 Å². The van der Waals surface area contributed by atoms with Crippen LogP contribution in [-0.4, -0.2) is 18.7 Å². The molecule has 0 spiro atoms. The minimum atomic E-state index is -0.338. The van der Waals surface area contributed by atoms with Crippen molar-refractivity contribution < 1.29 is 14.3 Å². The third-order valence-corrected chi connectivity index (χ3v) is 3.01. The molecular formula is C16H25NO3. The van der Waals surface area contributed by atoms with Crippen molar-refractivity contribution in [3.05, 3.63) is 24.3 Å². The van der Waals surface area contributed by atoms with E-state index in [1.807, 2.05) is 6.92 Å². The number of hydrogen-bond donors (Lipinski definition) is 1. The predicted molar refractivity (Wildman–Crippen MR) is 80.7 cm³/mol. The number of esters is 1. The van der Waals surface area contributed by atoms with Crippen LogP contribution < -0.4 is 10.5 Å². The summed E-state index contributed by atoms with van der Waals surface area (Å²) in [7, 11) is 0. The number of rotatable bonds is 9. The molecule has 0 fully saturated rings. The number of hydrogen-bond acceptors (Lipinski definition) is 4. The largest absolute Gasteiger partial charge is 0.482 e. The normalized spacial score (nSPS) is 11.9. The molecule has 0 heterocycles. The van der Waals surface area contributed by atoms with Gasteiger partial charge < -0.3 is 15.2 Å². The maximum atomic E-state index is 11.6. The molecule has 0 aliphatic heterocycles. The molecular weight excluding hydrogens is 254 g/mol. The van der Waals surface area contributed by atoms with Crippen LogP contribution in [0.3, 0.4) is 0 Å². The van der Waals surface area contributed by atoms with Crippen LogP contribution in [0.15, 0.2) is 24.3 Å². The summed E-state index contributed by atoms with van der Waals surface area (Å²) < 4.78 is 10.6. The molecule has 0 saturated carbocycles. The molecule has 1 atom stereocenters. The van der Waals surface area contributed by atoms with Gasteiger partial charge in [0.1, 0.15) is 5.75 Å². The molecule has 0 aromatic heterocycles. The van der Waals surface area contributed by atoms with Crippen molar-refractivity contribution in [2.45, 2.75) is 52.1 Å². The maximum Gasteiger partial charge on any atom is 0.344 e. The number of carbonyl (C=O) groups is 1. The fourth-order valence-corrected chi connectivity index (χ4v) is 1.92. The molecule has 1 rings (SSSR count). The van der Waals surface area contributed by atoms with Crippen LogP contribution in [0.1, 0.15) is 46.0 Å². The van der Waals surface area contributed by atoms with Crippen LogP contribution in [-0.2, 0) is 9.53 Å². The first-order valence-electron chi connectivity index (χ1n) is 7.29. The quantitative estimate of drug-likeness (QED) is 0.426. The van der Waals surface area contributed by atoms with Crippen molar-refractivity contribution >= 4 is 11.7 Å². The number of benzene rings is 1. The van der Waals surface area contributed by atoms with Crippen molar-refractivity contribution in [1.29, 1.82) is 0 Å². The lowest BCUT2D eigenvalue weighted by Gasteiger charge is -2.13. The van der Waals surface area contributed by atoms with E-state index in [9.17, 15) is 4.79 Å². The van der Waals surface area contributed by atoms with E-state index < -0.39 is 0 Å². The zero-order valence-corrected chi connectivity index (χ0v) is 12.4. The third-order valence-electron chi connectivity index (χ3n) is 3.01. The van der Waals surface area contributed by atoms with Crippen molar-refractivity contribution in [1.82, 2.24) is 0 Å². The predicted octanol–water partition coefficient (Wildman–Crippen LogP) is 3.55. The van der Waals surface area contributed by atoms with Crippen LogP contribution in [0.2, 0.25) is 0 Å². The van der Waals surface area contributed by atoms with Gasteiger partial charge in [0.05, 0.1) is 6.10 Å². The lowest BCUT2D eigenvalue weighted by atomic mass is 10.1. The minimum Gasteiger partial charge on any atom is -0.482 e. The van der Waals surface area contributed by atoms with Crippen LogP contribution in [0.5, 0.6) is 5.75 Å². The summed E-state index contributed by atoms with van der Waals surface area (Å²) >= 11 is 0. The zero-order valence-electron chi connectivity index (χ0n) is 12.4. The molecule has 20 heavy (non-hydrogen) atoms. The van der Waals surface area contributed by atoms with Crippen molar-refractivity contribution in [3.63, 3.8) is 0 Å². The molecule has 4 nitrogen and oxygen atoms in total. The SMILES string of the molecule is CCCCCCC(C)OC(=O)COc1cccc(N)c1. The molecule has 0 aliphatic rings. The summed E-state index contributed by atoms with van der Waals surface area (Å²) in [5.41, 5.74) is 6.24. The van der Waals surface area contributed by atoms with Gasteiger partial charge in [-0.2, -0.15) is 0 Å². The van der Waals surface area contributed by atoms with Gasteiger partial charge in [0.2, 0.25) is 0 Å². The summed E-state index contributed by atoms with van der Waals surface area (Å²) in [6.07, 6.45) is 5.59. The first-order valence-corrected chi connectivity index (χ1v) is 7.29. The average molecular weight is 279 g/mol. The second kappa shape index (κ2) is 9.23. The Kier molecular flexibility index (Phi) is 7.55. The van der Waals surface area contributed by atoms with E-state index in [0.29, 0.717) is 11.4 Å².